The zero-order valence-corrected chi connectivity index (χ0v) is 24.2. The maximum atomic E-state index is 12.7. The van der Waals surface area contributed by atoms with Crippen LogP contribution in [0.3, 0.4) is 0 Å². The van der Waals surface area contributed by atoms with Crippen LogP contribution in [0.4, 0.5) is 0 Å². The molecule has 1 saturated heterocycles. The molecule has 7 N–H and O–H groups in total. The Labute approximate surface area is 240 Å². The highest BCUT2D eigenvalue weighted by atomic mass is 16.7. The molecular formula is C30H48O11. The molecule has 0 unspecified atom stereocenters. The number of aliphatic hydroxyl groups is 6. The molecular weight excluding hydrogens is 536 g/mol. The van der Waals surface area contributed by atoms with Gasteiger partial charge in [0.1, 0.15) is 18.3 Å². The number of aliphatic hydroxyl groups excluding tert-OH is 6. The first kappa shape index (κ1) is 31.1. The molecule has 5 aliphatic rings. The van der Waals surface area contributed by atoms with E-state index >= 15 is 0 Å². The van der Waals surface area contributed by atoms with Crippen LogP contribution < -0.4 is 0 Å². The molecule has 1 aliphatic heterocycles. The quantitative estimate of drug-likeness (QED) is 0.218. The summed E-state index contributed by atoms with van der Waals surface area (Å²) in [4.78, 5) is 24.0. The number of ether oxygens (including phenoxy) is 2. The Morgan fingerprint density at radius 2 is 1.49 bits per heavy atom. The summed E-state index contributed by atoms with van der Waals surface area (Å²) in [6.07, 6.45) is -4.58. The van der Waals surface area contributed by atoms with Gasteiger partial charge in [0, 0.05) is 6.42 Å². The van der Waals surface area contributed by atoms with E-state index in [2.05, 4.69) is 20.8 Å². The number of hydrogen-bond donors (Lipinski definition) is 7. The molecule has 11 heteroatoms. The van der Waals surface area contributed by atoms with Gasteiger partial charge in [-0.25, -0.2) is 4.79 Å². The molecule has 0 spiro atoms. The summed E-state index contributed by atoms with van der Waals surface area (Å²) in [6.45, 7) is 6.66. The van der Waals surface area contributed by atoms with E-state index in [0.717, 1.165) is 38.5 Å². The number of carboxylic acid groups (broad SMARTS) is 1. The summed E-state index contributed by atoms with van der Waals surface area (Å²) in [5, 5.41) is 72.2. The molecule has 4 saturated carbocycles. The largest absolute Gasteiger partial charge is 0.479 e. The van der Waals surface area contributed by atoms with E-state index in [1.54, 1.807) is 0 Å². The number of carbonyl (C=O) groups is 2. The van der Waals surface area contributed by atoms with Crippen LogP contribution in [0.1, 0.15) is 78.6 Å². The van der Waals surface area contributed by atoms with E-state index in [1.807, 2.05) is 0 Å². The standard InChI is InChI=1S/C30H48O11/c1-13(4-7-19(32)40-28-25(37)23(35)24(36)26(41-28)27(38)39)15-5-6-16-20-17(9-11-29(15,16)2)30(3)10-8-14(31)12-18(30)21(33)22(20)34/h13-18,20-26,28,31,33-37H,4-12H2,1-3H3,(H,38,39)/t13-,14-,15-,16+,17+,18+,20+,21-,22+,23+,24+,25-,26+,28-,29-,30-/m1/s1. The van der Waals surface area contributed by atoms with Crippen LogP contribution in [0.25, 0.3) is 0 Å². The van der Waals surface area contributed by atoms with Crippen molar-refractivity contribution < 1.29 is 54.8 Å². The second-order valence-electron chi connectivity index (χ2n) is 14.3. The summed E-state index contributed by atoms with van der Waals surface area (Å²) in [7, 11) is 0. The van der Waals surface area contributed by atoms with E-state index in [4.69, 9.17) is 9.47 Å². The van der Waals surface area contributed by atoms with Crippen molar-refractivity contribution in [3.05, 3.63) is 0 Å². The van der Waals surface area contributed by atoms with Crippen molar-refractivity contribution in [3.63, 3.8) is 0 Å². The molecule has 11 nitrogen and oxygen atoms in total. The van der Waals surface area contributed by atoms with Gasteiger partial charge < -0.3 is 45.2 Å². The van der Waals surface area contributed by atoms with Crippen LogP contribution in [0.15, 0.2) is 0 Å². The molecule has 0 bridgehead atoms. The third-order valence-electron chi connectivity index (χ3n) is 12.4. The second-order valence-corrected chi connectivity index (χ2v) is 14.3. The molecule has 234 valence electrons. The van der Waals surface area contributed by atoms with Crippen LogP contribution >= 0.6 is 0 Å². The monoisotopic (exact) mass is 584 g/mol. The maximum Gasteiger partial charge on any atom is 0.335 e. The Balaban J connectivity index is 1.22. The van der Waals surface area contributed by atoms with Gasteiger partial charge in [0.15, 0.2) is 6.10 Å². The molecule has 0 aromatic carbocycles. The molecule has 16 atom stereocenters. The van der Waals surface area contributed by atoms with Crippen molar-refractivity contribution >= 4 is 11.9 Å². The van der Waals surface area contributed by atoms with Gasteiger partial charge in [-0.2, -0.15) is 0 Å². The predicted octanol–water partition coefficient (Wildman–Crippen LogP) is 0.800. The highest BCUT2D eigenvalue weighted by molar-refractivity contribution is 5.73. The van der Waals surface area contributed by atoms with Crippen LogP contribution in [0.5, 0.6) is 0 Å². The fourth-order valence-corrected chi connectivity index (χ4v) is 10.1. The minimum absolute atomic E-state index is 0.00342. The van der Waals surface area contributed by atoms with Gasteiger partial charge in [-0.05, 0) is 97.7 Å². The third-order valence-corrected chi connectivity index (χ3v) is 12.4. The van der Waals surface area contributed by atoms with E-state index < -0.39 is 61.0 Å². The first-order chi connectivity index (χ1) is 19.2. The maximum absolute atomic E-state index is 12.7. The number of hydrogen-bond acceptors (Lipinski definition) is 10. The topological polar surface area (TPSA) is 194 Å². The average Bonchev–Trinajstić information content (AvgIpc) is 3.28. The van der Waals surface area contributed by atoms with Gasteiger partial charge in [0.25, 0.3) is 0 Å². The Morgan fingerprint density at radius 3 is 2.17 bits per heavy atom. The lowest BCUT2D eigenvalue weighted by Gasteiger charge is -2.63. The summed E-state index contributed by atoms with van der Waals surface area (Å²) in [5.41, 5.74) is -0.160. The van der Waals surface area contributed by atoms with Crippen molar-refractivity contribution in [2.24, 2.45) is 46.3 Å². The normalized spacial score (nSPS) is 52.1. The van der Waals surface area contributed by atoms with Crippen LogP contribution in [0.2, 0.25) is 0 Å². The molecule has 41 heavy (non-hydrogen) atoms. The first-order valence-corrected chi connectivity index (χ1v) is 15.4. The summed E-state index contributed by atoms with van der Waals surface area (Å²) in [5.74, 6) is -1.35. The zero-order chi connectivity index (χ0) is 30.0. The average molecular weight is 585 g/mol. The molecule has 0 amide bonds. The fraction of sp³-hybridized carbons (Fsp3) is 0.933. The van der Waals surface area contributed by atoms with Crippen molar-refractivity contribution in [1.82, 2.24) is 0 Å². The van der Waals surface area contributed by atoms with Crippen molar-refractivity contribution in [2.45, 2.75) is 128 Å². The lowest BCUT2D eigenvalue weighted by atomic mass is 9.43. The second kappa shape index (κ2) is 11.3. The Bertz CT molecular complexity index is 991. The molecule has 0 aromatic heterocycles. The van der Waals surface area contributed by atoms with E-state index in [9.17, 15) is 45.3 Å². The Hall–Kier alpha value is -1.34. The number of carboxylic acids is 1. The van der Waals surface area contributed by atoms with E-state index in [0.29, 0.717) is 24.7 Å². The molecule has 5 rings (SSSR count). The van der Waals surface area contributed by atoms with Gasteiger partial charge in [-0.15, -0.1) is 0 Å². The fourth-order valence-electron chi connectivity index (χ4n) is 10.1. The number of fused-ring (bicyclic) bond motifs is 5. The van der Waals surface area contributed by atoms with Gasteiger partial charge >= 0.3 is 11.9 Å². The lowest BCUT2D eigenvalue weighted by molar-refractivity contribution is -0.286. The van der Waals surface area contributed by atoms with Gasteiger partial charge in [-0.3, -0.25) is 4.79 Å². The minimum Gasteiger partial charge on any atom is -0.479 e. The highest BCUT2D eigenvalue weighted by Gasteiger charge is 2.65. The molecule has 1 heterocycles. The Kier molecular flexibility index (Phi) is 8.57. The highest BCUT2D eigenvalue weighted by Crippen LogP contribution is 2.68. The van der Waals surface area contributed by atoms with Crippen LogP contribution in [0, 0.1) is 46.3 Å². The Morgan fingerprint density at radius 1 is 0.829 bits per heavy atom. The number of carbonyl (C=O) groups excluding carboxylic acids is 1. The summed E-state index contributed by atoms with van der Waals surface area (Å²) >= 11 is 0. The smallest absolute Gasteiger partial charge is 0.335 e. The van der Waals surface area contributed by atoms with Crippen molar-refractivity contribution in [3.8, 4) is 0 Å². The van der Waals surface area contributed by atoms with Crippen LogP contribution in [-0.2, 0) is 19.1 Å². The van der Waals surface area contributed by atoms with Crippen molar-refractivity contribution in [2.75, 3.05) is 0 Å². The van der Waals surface area contributed by atoms with E-state index in [-0.39, 0.29) is 40.9 Å². The molecule has 5 fully saturated rings. The lowest BCUT2D eigenvalue weighted by Crippen LogP contribution is -2.64. The SMILES string of the molecule is C[C@H](CCC(=O)O[C@@H]1O[C@H](C(=O)O)[C@@H](O)[C@H](O)[C@H]1O)[C@H]1CC[C@H]2[C@@H]3[C@H](O)[C@H](O)[C@@H]4C[C@H](O)CC[C@]4(C)[C@H]3CC[C@]12C. The molecule has 0 aromatic rings. The number of aliphatic carboxylic acids is 1. The number of esters is 1. The first-order valence-electron chi connectivity index (χ1n) is 15.4. The summed E-state index contributed by atoms with van der Waals surface area (Å²) < 4.78 is 10.3. The van der Waals surface area contributed by atoms with Crippen LogP contribution in [-0.4, -0.2) is 96.7 Å². The summed E-state index contributed by atoms with van der Waals surface area (Å²) in [6, 6.07) is 0. The van der Waals surface area contributed by atoms with E-state index in [1.165, 1.54) is 0 Å². The zero-order valence-electron chi connectivity index (χ0n) is 24.2. The van der Waals surface area contributed by atoms with Crippen molar-refractivity contribution in [1.29, 1.82) is 0 Å². The van der Waals surface area contributed by atoms with Gasteiger partial charge in [-0.1, -0.05) is 20.8 Å². The molecule has 0 radical (unpaired) electrons. The minimum atomic E-state index is -1.86. The van der Waals surface area contributed by atoms with Gasteiger partial charge in [0.2, 0.25) is 6.29 Å². The third kappa shape index (κ3) is 5.13. The molecule has 4 aliphatic carbocycles. The number of rotatable bonds is 6. The predicted molar refractivity (Wildman–Crippen MR) is 143 cm³/mol. The van der Waals surface area contributed by atoms with Gasteiger partial charge in [0.05, 0.1) is 18.3 Å².